The number of carbonyl (C=O) groups excluding carboxylic acids is 1. The normalized spacial score (nSPS) is 11.2. The van der Waals surface area contributed by atoms with Gasteiger partial charge in [-0.3, -0.25) is 9.59 Å². The summed E-state index contributed by atoms with van der Waals surface area (Å²) in [5.41, 5.74) is 3.77. The summed E-state index contributed by atoms with van der Waals surface area (Å²) in [4.78, 5) is 25.3. The second-order valence-electron chi connectivity index (χ2n) is 8.09. The Bertz CT molecular complexity index is 1300. The predicted octanol–water partition coefficient (Wildman–Crippen LogP) is 3.22. The Morgan fingerprint density at radius 3 is 2.42 bits per heavy atom. The molecule has 2 aromatic heterocycles. The van der Waals surface area contributed by atoms with Crippen molar-refractivity contribution >= 4 is 11.4 Å². The van der Waals surface area contributed by atoms with Crippen LogP contribution in [0.2, 0.25) is 0 Å². The second kappa shape index (κ2) is 9.68. The summed E-state index contributed by atoms with van der Waals surface area (Å²) in [5, 5.41) is 11.4. The molecule has 170 valence electrons. The number of aromatic nitrogens is 4. The summed E-state index contributed by atoms with van der Waals surface area (Å²) in [6, 6.07) is 17.3. The van der Waals surface area contributed by atoms with Crippen molar-refractivity contribution in [1.29, 1.82) is 0 Å². The first-order valence-electron chi connectivity index (χ1n) is 11.0. The van der Waals surface area contributed by atoms with Crippen molar-refractivity contribution in [1.82, 2.24) is 24.7 Å². The highest BCUT2D eigenvalue weighted by Crippen LogP contribution is 2.19. The van der Waals surface area contributed by atoms with E-state index >= 15 is 0 Å². The topological polar surface area (TPSA) is 90.5 Å². The number of benzene rings is 2. The number of nitrogens with zero attached hydrogens (tertiary/aromatic N) is 4. The molecular formula is C25H27N5O3. The van der Waals surface area contributed by atoms with Gasteiger partial charge < -0.3 is 10.1 Å². The number of amides is 1. The number of ether oxygens (including phenoxy) is 1. The van der Waals surface area contributed by atoms with Crippen LogP contribution in [0.15, 0.2) is 65.7 Å². The van der Waals surface area contributed by atoms with Crippen LogP contribution in [0.1, 0.15) is 31.9 Å². The number of hydrogen-bond acceptors (Lipinski definition) is 5. The van der Waals surface area contributed by atoms with E-state index in [1.807, 2.05) is 62.4 Å². The molecule has 4 rings (SSSR count). The SMILES string of the molecule is CCc1ccc(-c2cc3c(=O)n(CC(=O)NCc4ccc(OC(C)C)cc4)ncn3n2)cc1. The quantitative estimate of drug-likeness (QED) is 0.450. The van der Waals surface area contributed by atoms with Crippen molar-refractivity contribution < 1.29 is 9.53 Å². The van der Waals surface area contributed by atoms with Gasteiger partial charge >= 0.3 is 0 Å². The molecule has 4 aromatic rings. The highest BCUT2D eigenvalue weighted by Gasteiger charge is 2.12. The lowest BCUT2D eigenvalue weighted by atomic mass is 10.1. The van der Waals surface area contributed by atoms with Gasteiger partial charge in [-0.15, -0.1) is 0 Å². The smallest absolute Gasteiger partial charge is 0.293 e. The molecule has 2 heterocycles. The average molecular weight is 446 g/mol. The third kappa shape index (κ3) is 5.28. The summed E-state index contributed by atoms with van der Waals surface area (Å²) in [6.07, 6.45) is 2.51. The minimum absolute atomic E-state index is 0.104. The zero-order chi connectivity index (χ0) is 23.4. The predicted molar refractivity (Wildman–Crippen MR) is 126 cm³/mol. The first kappa shape index (κ1) is 22.3. The van der Waals surface area contributed by atoms with Gasteiger partial charge in [-0.1, -0.05) is 43.3 Å². The van der Waals surface area contributed by atoms with Crippen LogP contribution in [0.5, 0.6) is 5.75 Å². The number of aryl methyl sites for hydroxylation is 1. The van der Waals surface area contributed by atoms with Crippen LogP contribution < -0.4 is 15.6 Å². The fourth-order valence-electron chi connectivity index (χ4n) is 3.45. The van der Waals surface area contributed by atoms with Crippen LogP contribution in [0.25, 0.3) is 16.8 Å². The molecule has 1 amide bonds. The Morgan fingerprint density at radius 2 is 1.76 bits per heavy atom. The Hall–Kier alpha value is -3.94. The van der Waals surface area contributed by atoms with E-state index in [9.17, 15) is 9.59 Å². The van der Waals surface area contributed by atoms with E-state index < -0.39 is 0 Å². The molecule has 0 aliphatic heterocycles. The number of carbonyl (C=O) groups is 1. The van der Waals surface area contributed by atoms with Crippen molar-refractivity contribution in [2.45, 2.75) is 46.4 Å². The van der Waals surface area contributed by atoms with Crippen molar-refractivity contribution in [2.75, 3.05) is 0 Å². The van der Waals surface area contributed by atoms with Gasteiger partial charge in [0.05, 0.1) is 11.8 Å². The Labute approximate surface area is 191 Å². The molecule has 0 saturated carbocycles. The molecule has 8 heteroatoms. The highest BCUT2D eigenvalue weighted by atomic mass is 16.5. The molecule has 0 atom stereocenters. The first-order valence-corrected chi connectivity index (χ1v) is 11.0. The van der Waals surface area contributed by atoms with Crippen molar-refractivity contribution in [3.63, 3.8) is 0 Å². The average Bonchev–Trinajstić information content (AvgIpc) is 3.25. The molecule has 0 fully saturated rings. The number of fused-ring (bicyclic) bond motifs is 1. The van der Waals surface area contributed by atoms with Gasteiger partial charge in [0.25, 0.3) is 5.56 Å². The van der Waals surface area contributed by atoms with Gasteiger partial charge in [-0.2, -0.15) is 10.2 Å². The van der Waals surface area contributed by atoms with Crippen molar-refractivity contribution in [2.24, 2.45) is 0 Å². The van der Waals surface area contributed by atoms with Gasteiger partial charge in [0.1, 0.15) is 24.1 Å². The molecule has 0 spiro atoms. The maximum Gasteiger partial charge on any atom is 0.293 e. The van der Waals surface area contributed by atoms with E-state index in [0.29, 0.717) is 17.8 Å². The molecule has 0 unspecified atom stereocenters. The van der Waals surface area contributed by atoms with E-state index in [-0.39, 0.29) is 24.1 Å². The van der Waals surface area contributed by atoms with Crippen LogP contribution in [0.3, 0.4) is 0 Å². The molecule has 1 N–H and O–H groups in total. The minimum atomic E-state index is -0.369. The Balaban J connectivity index is 1.43. The zero-order valence-electron chi connectivity index (χ0n) is 19.0. The molecule has 8 nitrogen and oxygen atoms in total. The fraction of sp³-hybridized carbons (Fsp3) is 0.280. The summed E-state index contributed by atoms with van der Waals surface area (Å²) in [7, 11) is 0. The van der Waals surface area contributed by atoms with Crippen LogP contribution in [-0.4, -0.2) is 31.4 Å². The van der Waals surface area contributed by atoms with Crippen LogP contribution in [0, 0.1) is 0 Å². The molecular weight excluding hydrogens is 418 g/mol. The summed E-state index contributed by atoms with van der Waals surface area (Å²) < 4.78 is 8.22. The van der Waals surface area contributed by atoms with E-state index in [4.69, 9.17) is 4.74 Å². The second-order valence-corrected chi connectivity index (χ2v) is 8.09. The lowest BCUT2D eigenvalue weighted by Crippen LogP contribution is -2.34. The molecule has 0 radical (unpaired) electrons. The maximum atomic E-state index is 12.9. The Kier molecular flexibility index (Phi) is 6.53. The van der Waals surface area contributed by atoms with E-state index in [2.05, 4.69) is 22.4 Å². The summed E-state index contributed by atoms with van der Waals surface area (Å²) in [5.74, 6) is 0.483. The van der Waals surface area contributed by atoms with Crippen LogP contribution in [-0.2, 0) is 24.3 Å². The van der Waals surface area contributed by atoms with Crippen molar-refractivity contribution in [3.8, 4) is 17.0 Å². The molecule has 2 aromatic carbocycles. The van der Waals surface area contributed by atoms with Crippen LogP contribution >= 0.6 is 0 Å². The number of nitrogens with one attached hydrogen (secondary N) is 1. The highest BCUT2D eigenvalue weighted by molar-refractivity contribution is 5.75. The minimum Gasteiger partial charge on any atom is -0.491 e. The third-order valence-electron chi connectivity index (χ3n) is 5.23. The lowest BCUT2D eigenvalue weighted by Gasteiger charge is -2.10. The monoisotopic (exact) mass is 445 g/mol. The van der Waals surface area contributed by atoms with E-state index in [1.54, 1.807) is 6.07 Å². The molecule has 0 saturated heterocycles. The molecule has 0 aliphatic carbocycles. The molecule has 33 heavy (non-hydrogen) atoms. The van der Waals surface area contributed by atoms with Crippen LogP contribution in [0.4, 0.5) is 0 Å². The van der Waals surface area contributed by atoms with Gasteiger partial charge in [0.15, 0.2) is 0 Å². The van der Waals surface area contributed by atoms with Gasteiger partial charge in [-0.05, 0) is 49.6 Å². The van der Waals surface area contributed by atoms with Gasteiger partial charge in [-0.25, -0.2) is 9.20 Å². The fourth-order valence-corrected chi connectivity index (χ4v) is 3.45. The maximum absolute atomic E-state index is 12.9. The summed E-state index contributed by atoms with van der Waals surface area (Å²) >= 11 is 0. The third-order valence-corrected chi connectivity index (χ3v) is 5.23. The van der Waals surface area contributed by atoms with E-state index in [0.717, 1.165) is 28.0 Å². The molecule has 0 aliphatic rings. The lowest BCUT2D eigenvalue weighted by molar-refractivity contribution is -0.122. The van der Waals surface area contributed by atoms with E-state index in [1.165, 1.54) is 16.4 Å². The van der Waals surface area contributed by atoms with Crippen molar-refractivity contribution in [3.05, 3.63) is 82.4 Å². The summed E-state index contributed by atoms with van der Waals surface area (Å²) in [6.45, 7) is 6.21. The Morgan fingerprint density at radius 1 is 1.06 bits per heavy atom. The first-order chi connectivity index (χ1) is 15.9. The largest absolute Gasteiger partial charge is 0.491 e. The number of rotatable bonds is 8. The number of hydrogen-bond donors (Lipinski definition) is 1. The standard InChI is InChI=1S/C25H27N5O3/c1-4-18-5-9-20(10-6-18)22-13-23-25(32)29(27-16-30(23)28-22)15-24(31)26-14-19-7-11-21(12-8-19)33-17(2)3/h5-13,16-17H,4,14-15H2,1-3H3,(H,26,31). The zero-order valence-corrected chi connectivity index (χ0v) is 19.0. The molecule has 0 bridgehead atoms. The van der Waals surface area contributed by atoms with Gasteiger partial charge in [0, 0.05) is 12.1 Å². The van der Waals surface area contributed by atoms with Gasteiger partial charge in [0.2, 0.25) is 5.91 Å².